The van der Waals surface area contributed by atoms with Crippen LogP contribution in [0.2, 0.25) is 0 Å². The highest BCUT2D eigenvalue weighted by Crippen LogP contribution is 2.43. The Morgan fingerprint density at radius 2 is 2.06 bits per heavy atom. The van der Waals surface area contributed by atoms with E-state index in [4.69, 9.17) is 0 Å². The summed E-state index contributed by atoms with van der Waals surface area (Å²) < 4.78 is 0. The molecular formula is C15H21NO. The fourth-order valence-corrected chi connectivity index (χ4v) is 2.19. The highest BCUT2D eigenvalue weighted by Gasteiger charge is 2.42. The van der Waals surface area contributed by atoms with Gasteiger partial charge >= 0.3 is 0 Å². The summed E-state index contributed by atoms with van der Waals surface area (Å²) in [7, 11) is 0. The van der Waals surface area contributed by atoms with Crippen LogP contribution in [-0.4, -0.2) is 5.91 Å². The monoisotopic (exact) mass is 231 g/mol. The third-order valence-corrected chi connectivity index (χ3v) is 3.42. The minimum atomic E-state index is 0.199. The number of carbonyl (C=O) groups is 1. The van der Waals surface area contributed by atoms with Gasteiger partial charge in [-0.1, -0.05) is 38.5 Å². The molecule has 92 valence electrons. The predicted octanol–water partition coefficient (Wildman–Crippen LogP) is 3.70. The van der Waals surface area contributed by atoms with Crippen molar-refractivity contribution in [2.24, 2.45) is 17.8 Å². The van der Waals surface area contributed by atoms with Crippen molar-refractivity contribution in [1.29, 1.82) is 0 Å². The largest absolute Gasteiger partial charge is 0.326 e. The average Bonchev–Trinajstić information content (AvgIpc) is 3.07. The van der Waals surface area contributed by atoms with Crippen molar-refractivity contribution in [2.75, 3.05) is 5.32 Å². The average molecular weight is 231 g/mol. The van der Waals surface area contributed by atoms with E-state index in [0.29, 0.717) is 5.92 Å². The number of nitrogens with one attached hydrogen (secondary N) is 1. The molecule has 1 aliphatic rings. The van der Waals surface area contributed by atoms with Crippen LogP contribution in [0.5, 0.6) is 0 Å². The number of anilines is 1. The molecule has 0 radical (unpaired) electrons. The number of benzene rings is 1. The summed E-state index contributed by atoms with van der Waals surface area (Å²) in [5.41, 5.74) is 0.909. The molecule has 0 aromatic heterocycles. The van der Waals surface area contributed by atoms with Crippen LogP contribution < -0.4 is 5.32 Å². The van der Waals surface area contributed by atoms with Crippen molar-refractivity contribution in [3.63, 3.8) is 0 Å². The summed E-state index contributed by atoms with van der Waals surface area (Å²) in [6, 6.07) is 9.71. The number of hydrogen-bond donors (Lipinski definition) is 1. The van der Waals surface area contributed by atoms with Gasteiger partial charge in [0.2, 0.25) is 5.91 Å². The first-order chi connectivity index (χ1) is 8.16. The summed E-state index contributed by atoms with van der Waals surface area (Å²) in [5, 5.41) is 2.98. The van der Waals surface area contributed by atoms with Gasteiger partial charge in [-0.25, -0.2) is 0 Å². The smallest absolute Gasteiger partial charge is 0.227 e. The number of rotatable bonds is 5. The molecular weight excluding hydrogens is 210 g/mol. The number of carbonyl (C=O) groups excluding carboxylic acids is 1. The van der Waals surface area contributed by atoms with Crippen molar-refractivity contribution in [2.45, 2.75) is 33.1 Å². The Kier molecular flexibility index (Phi) is 3.82. The topological polar surface area (TPSA) is 29.1 Å². The van der Waals surface area contributed by atoms with E-state index in [1.54, 1.807) is 0 Å². The van der Waals surface area contributed by atoms with Crippen molar-refractivity contribution < 1.29 is 4.79 Å². The Morgan fingerprint density at radius 3 is 2.71 bits per heavy atom. The van der Waals surface area contributed by atoms with Crippen molar-refractivity contribution >= 4 is 11.6 Å². The lowest BCUT2D eigenvalue weighted by molar-refractivity contribution is -0.117. The zero-order valence-corrected chi connectivity index (χ0v) is 10.6. The normalized spacial score (nSPS) is 22.5. The summed E-state index contributed by atoms with van der Waals surface area (Å²) >= 11 is 0. The summed E-state index contributed by atoms with van der Waals surface area (Å²) in [6.45, 7) is 4.48. The van der Waals surface area contributed by atoms with Gasteiger partial charge in [0.25, 0.3) is 0 Å². The van der Waals surface area contributed by atoms with Gasteiger partial charge in [0.1, 0.15) is 0 Å². The second-order valence-corrected chi connectivity index (χ2v) is 5.43. The van der Waals surface area contributed by atoms with Crippen LogP contribution in [0.25, 0.3) is 0 Å². The SMILES string of the molecule is CC(C)CCC1CC1C(=O)Nc1ccccc1. The molecule has 0 saturated heterocycles. The lowest BCUT2D eigenvalue weighted by Gasteiger charge is -2.05. The highest BCUT2D eigenvalue weighted by molar-refractivity contribution is 5.94. The second-order valence-electron chi connectivity index (χ2n) is 5.43. The minimum absolute atomic E-state index is 0.199. The van der Waals surface area contributed by atoms with Crippen LogP contribution in [0.15, 0.2) is 30.3 Å². The molecule has 2 heteroatoms. The quantitative estimate of drug-likeness (QED) is 0.822. The zero-order chi connectivity index (χ0) is 12.3. The minimum Gasteiger partial charge on any atom is -0.326 e. The second kappa shape index (κ2) is 5.35. The third-order valence-electron chi connectivity index (χ3n) is 3.42. The van der Waals surface area contributed by atoms with Gasteiger partial charge in [-0.3, -0.25) is 4.79 Å². The highest BCUT2D eigenvalue weighted by atomic mass is 16.2. The van der Waals surface area contributed by atoms with Gasteiger partial charge in [0.05, 0.1) is 0 Å². The molecule has 2 rings (SSSR count). The molecule has 0 heterocycles. The fourth-order valence-electron chi connectivity index (χ4n) is 2.19. The van der Waals surface area contributed by atoms with Crippen LogP contribution in [0.4, 0.5) is 5.69 Å². The number of amides is 1. The molecule has 0 spiro atoms. The first-order valence-electron chi connectivity index (χ1n) is 6.52. The maximum atomic E-state index is 11.9. The molecule has 17 heavy (non-hydrogen) atoms. The summed E-state index contributed by atoms with van der Waals surface area (Å²) in [6.07, 6.45) is 3.51. The van der Waals surface area contributed by atoms with Crippen LogP contribution >= 0.6 is 0 Å². The van der Waals surface area contributed by atoms with Crippen molar-refractivity contribution in [3.8, 4) is 0 Å². The van der Waals surface area contributed by atoms with E-state index in [-0.39, 0.29) is 11.8 Å². The van der Waals surface area contributed by atoms with Gasteiger partial charge in [0, 0.05) is 11.6 Å². The molecule has 2 atom stereocenters. The maximum absolute atomic E-state index is 11.9. The van der Waals surface area contributed by atoms with E-state index in [9.17, 15) is 4.79 Å². The van der Waals surface area contributed by atoms with E-state index in [0.717, 1.165) is 18.0 Å². The molecule has 2 unspecified atom stereocenters. The van der Waals surface area contributed by atoms with Crippen molar-refractivity contribution in [3.05, 3.63) is 30.3 Å². The molecule has 1 N–H and O–H groups in total. The van der Waals surface area contributed by atoms with Gasteiger partial charge in [-0.15, -0.1) is 0 Å². The molecule has 1 aromatic carbocycles. The van der Waals surface area contributed by atoms with Gasteiger partial charge < -0.3 is 5.32 Å². The zero-order valence-electron chi connectivity index (χ0n) is 10.6. The summed E-state index contributed by atoms with van der Waals surface area (Å²) in [4.78, 5) is 11.9. The van der Waals surface area contributed by atoms with Gasteiger partial charge in [0.15, 0.2) is 0 Å². The van der Waals surface area contributed by atoms with E-state index in [2.05, 4.69) is 19.2 Å². The van der Waals surface area contributed by atoms with E-state index in [1.807, 2.05) is 30.3 Å². The van der Waals surface area contributed by atoms with Crippen LogP contribution in [0, 0.1) is 17.8 Å². The number of para-hydroxylation sites is 1. The Hall–Kier alpha value is -1.31. The molecule has 1 saturated carbocycles. The van der Waals surface area contributed by atoms with Crippen LogP contribution in [-0.2, 0) is 4.79 Å². The predicted molar refractivity (Wildman–Crippen MR) is 70.7 cm³/mol. The molecule has 1 aromatic rings. The van der Waals surface area contributed by atoms with Crippen LogP contribution in [0.1, 0.15) is 33.1 Å². The standard InChI is InChI=1S/C15H21NO/c1-11(2)8-9-12-10-14(12)15(17)16-13-6-4-3-5-7-13/h3-7,11-12,14H,8-10H2,1-2H3,(H,16,17). The van der Waals surface area contributed by atoms with E-state index in [1.165, 1.54) is 12.8 Å². The molecule has 1 fully saturated rings. The Labute approximate surface area is 103 Å². The number of hydrogen-bond acceptors (Lipinski definition) is 1. The molecule has 0 bridgehead atoms. The first kappa shape index (κ1) is 12.2. The Morgan fingerprint density at radius 1 is 1.35 bits per heavy atom. The lowest BCUT2D eigenvalue weighted by atomic mass is 10.0. The Balaban J connectivity index is 1.76. The van der Waals surface area contributed by atoms with Crippen molar-refractivity contribution in [1.82, 2.24) is 0 Å². The van der Waals surface area contributed by atoms with Gasteiger partial charge in [-0.05, 0) is 36.8 Å². The summed E-state index contributed by atoms with van der Waals surface area (Å²) in [5.74, 6) is 1.83. The van der Waals surface area contributed by atoms with E-state index < -0.39 is 0 Å². The lowest BCUT2D eigenvalue weighted by Crippen LogP contribution is -2.14. The van der Waals surface area contributed by atoms with Gasteiger partial charge in [-0.2, -0.15) is 0 Å². The molecule has 1 aliphatic carbocycles. The van der Waals surface area contributed by atoms with Crippen LogP contribution in [0.3, 0.4) is 0 Å². The third kappa shape index (κ3) is 3.58. The van der Waals surface area contributed by atoms with E-state index >= 15 is 0 Å². The first-order valence-corrected chi connectivity index (χ1v) is 6.52. The Bertz CT molecular complexity index is 372. The molecule has 0 aliphatic heterocycles. The fraction of sp³-hybridized carbons (Fsp3) is 0.533. The molecule has 2 nitrogen and oxygen atoms in total. The maximum Gasteiger partial charge on any atom is 0.227 e. The molecule has 1 amide bonds.